The van der Waals surface area contributed by atoms with Crippen LogP contribution in [0, 0.1) is 5.92 Å². The van der Waals surface area contributed by atoms with Gasteiger partial charge in [-0.3, -0.25) is 4.99 Å². The van der Waals surface area contributed by atoms with Crippen LogP contribution in [0.2, 0.25) is 0 Å². The first-order valence-corrected chi connectivity index (χ1v) is 10.6. The Hall–Kier alpha value is -0.0900. The molecule has 0 amide bonds. The van der Waals surface area contributed by atoms with E-state index in [-0.39, 0.29) is 24.0 Å². The maximum absolute atomic E-state index is 11.4. The number of nitrogens with zero attached hydrogens (tertiary/aromatic N) is 1. The molecule has 0 aromatic carbocycles. The lowest BCUT2D eigenvalue weighted by molar-refractivity contribution is 0.304. The molecule has 6 nitrogen and oxygen atoms in total. The van der Waals surface area contributed by atoms with Gasteiger partial charge in [0.1, 0.15) is 0 Å². The molecule has 0 unspecified atom stereocenters. The van der Waals surface area contributed by atoms with Crippen LogP contribution in [0.5, 0.6) is 0 Å². The van der Waals surface area contributed by atoms with Crippen molar-refractivity contribution >= 4 is 40.0 Å². The van der Waals surface area contributed by atoms with Crippen LogP contribution in [-0.2, 0) is 10.0 Å². The number of sulfonamides is 1. The zero-order valence-electron chi connectivity index (χ0n) is 15.7. The molecule has 144 valence electrons. The molecule has 0 radical (unpaired) electrons. The largest absolute Gasteiger partial charge is 0.357 e. The molecule has 0 aliphatic heterocycles. The van der Waals surface area contributed by atoms with Gasteiger partial charge >= 0.3 is 0 Å². The molecule has 24 heavy (non-hydrogen) atoms. The Morgan fingerprint density at radius 1 is 1.17 bits per heavy atom. The molecule has 8 heteroatoms. The van der Waals surface area contributed by atoms with E-state index in [0.29, 0.717) is 12.6 Å². The van der Waals surface area contributed by atoms with E-state index in [4.69, 9.17) is 0 Å². The summed E-state index contributed by atoms with van der Waals surface area (Å²) in [5.74, 6) is 1.64. The SMILES string of the molecule is CCNC(=NCC(C)(C)NS(C)(=O)=O)NC1CCC(CC)CC1.I. The van der Waals surface area contributed by atoms with Crippen LogP contribution in [0.4, 0.5) is 0 Å². The number of halogens is 1. The van der Waals surface area contributed by atoms with Crippen molar-refractivity contribution < 1.29 is 8.42 Å². The zero-order valence-corrected chi connectivity index (χ0v) is 18.8. The summed E-state index contributed by atoms with van der Waals surface area (Å²) in [4.78, 5) is 4.57. The number of nitrogens with one attached hydrogen (secondary N) is 3. The molecule has 1 fully saturated rings. The van der Waals surface area contributed by atoms with Crippen molar-refractivity contribution in [2.45, 2.75) is 71.4 Å². The molecule has 0 spiro atoms. The van der Waals surface area contributed by atoms with Gasteiger partial charge in [0.25, 0.3) is 0 Å². The summed E-state index contributed by atoms with van der Waals surface area (Å²) in [6.45, 7) is 9.16. The van der Waals surface area contributed by atoms with E-state index in [0.717, 1.165) is 18.4 Å². The summed E-state index contributed by atoms with van der Waals surface area (Å²) in [6, 6.07) is 0.460. The molecule has 1 rings (SSSR count). The van der Waals surface area contributed by atoms with Crippen molar-refractivity contribution in [2.24, 2.45) is 10.9 Å². The van der Waals surface area contributed by atoms with Crippen LogP contribution in [-0.4, -0.2) is 45.3 Å². The van der Waals surface area contributed by atoms with Gasteiger partial charge in [-0.1, -0.05) is 13.3 Å². The third-order valence-corrected chi connectivity index (χ3v) is 5.13. The van der Waals surface area contributed by atoms with E-state index in [1.807, 2.05) is 20.8 Å². The number of hydrogen-bond donors (Lipinski definition) is 3. The van der Waals surface area contributed by atoms with E-state index in [1.54, 1.807) is 0 Å². The standard InChI is InChI=1S/C16H34N4O2S.HI/c1-6-13-8-10-14(11-9-13)19-15(17-7-2)18-12-16(3,4)20-23(5,21)22;/h13-14,20H,6-12H2,1-5H3,(H2,17,18,19);1H. The van der Waals surface area contributed by atoms with Gasteiger partial charge in [0.2, 0.25) is 10.0 Å². The molecule has 0 saturated heterocycles. The van der Waals surface area contributed by atoms with E-state index < -0.39 is 15.6 Å². The molecule has 0 heterocycles. The molecule has 3 N–H and O–H groups in total. The van der Waals surface area contributed by atoms with Gasteiger partial charge in [0.05, 0.1) is 12.8 Å². The number of guanidine groups is 1. The van der Waals surface area contributed by atoms with Crippen LogP contribution in [0.1, 0.15) is 59.8 Å². The maximum atomic E-state index is 11.4. The van der Waals surface area contributed by atoms with Crippen molar-refractivity contribution in [2.75, 3.05) is 19.3 Å². The molecule has 0 aromatic rings. The highest BCUT2D eigenvalue weighted by atomic mass is 127. The Kier molecular flexibility index (Phi) is 10.8. The summed E-state index contributed by atoms with van der Waals surface area (Å²) in [5.41, 5.74) is -0.601. The van der Waals surface area contributed by atoms with Gasteiger partial charge in [-0.25, -0.2) is 13.1 Å². The smallest absolute Gasteiger partial charge is 0.209 e. The molecule has 1 aliphatic carbocycles. The summed E-state index contributed by atoms with van der Waals surface area (Å²) < 4.78 is 25.4. The minimum atomic E-state index is -3.24. The van der Waals surface area contributed by atoms with E-state index in [9.17, 15) is 8.42 Å². The van der Waals surface area contributed by atoms with E-state index >= 15 is 0 Å². The fourth-order valence-electron chi connectivity index (χ4n) is 3.04. The first kappa shape index (κ1) is 23.9. The van der Waals surface area contributed by atoms with Crippen molar-refractivity contribution in [1.29, 1.82) is 0 Å². The highest BCUT2D eigenvalue weighted by molar-refractivity contribution is 14.0. The van der Waals surface area contributed by atoms with Crippen LogP contribution in [0.25, 0.3) is 0 Å². The Morgan fingerprint density at radius 3 is 2.21 bits per heavy atom. The monoisotopic (exact) mass is 474 g/mol. The minimum absolute atomic E-state index is 0. The summed E-state index contributed by atoms with van der Waals surface area (Å²) >= 11 is 0. The molecule has 1 saturated carbocycles. The van der Waals surface area contributed by atoms with Crippen LogP contribution >= 0.6 is 24.0 Å². The average Bonchev–Trinajstić information content (AvgIpc) is 2.43. The molecule has 1 aliphatic rings. The average molecular weight is 474 g/mol. The first-order chi connectivity index (χ1) is 10.6. The Labute approximate surface area is 165 Å². The lowest BCUT2D eigenvalue weighted by Gasteiger charge is -2.30. The lowest BCUT2D eigenvalue weighted by atomic mass is 9.84. The van der Waals surface area contributed by atoms with Gasteiger partial charge in [-0.15, -0.1) is 24.0 Å². The number of rotatable bonds is 7. The predicted molar refractivity (Wildman–Crippen MR) is 113 cm³/mol. The van der Waals surface area contributed by atoms with Gasteiger partial charge in [-0.2, -0.15) is 0 Å². The second-order valence-corrected chi connectivity index (χ2v) is 8.97. The van der Waals surface area contributed by atoms with Crippen molar-refractivity contribution in [3.63, 3.8) is 0 Å². The van der Waals surface area contributed by atoms with Crippen molar-refractivity contribution in [3.05, 3.63) is 0 Å². The maximum Gasteiger partial charge on any atom is 0.209 e. The highest BCUT2D eigenvalue weighted by Gasteiger charge is 2.23. The third kappa shape index (κ3) is 10.0. The summed E-state index contributed by atoms with van der Waals surface area (Å²) in [7, 11) is -3.24. The van der Waals surface area contributed by atoms with Gasteiger partial charge in [-0.05, 0) is 52.4 Å². The lowest BCUT2D eigenvalue weighted by Crippen LogP contribution is -2.48. The second-order valence-electron chi connectivity index (χ2n) is 7.22. The third-order valence-electron chi connectivity index (χ3n) is 4.20. The fourth-order valence-corrected chi connectivity index (χ4v) is 4.11. The number of aliphatic imine (C=N–C) groups is 1. The predicted octanol–water partition coefficient (Wildman–Crippen LogP) is 2.46. The van der Waals surface area contributed by atoms with Crippen LogP contribution < -0.4 is 15.4 Å². The van der Waals surface area contributed by atoms with Gasteiger partial charge < -0.3 is 10.6 Å². The van der Waals surface area contributed by atoms with E-state index in [1.165, 1.54) is 38.4 Å². The minimum Gasteiger partial charge on any atom is -0.357 e. The van der Waals surface area contributed by atoms with Crippen molar-refractivity contribution in [3.8, 4) is 0 Å². The van der Waals surface area contributed by atoms with E-state index in [2.05, 4.69) is 27.3 Å². The topological polar surface area (TPSA) is 82.6 Å². The fraction of sp³-hybridized carbons (Fsp3) is 0.938. The molecule has 0 bridgehead atoms. The number of hydrogen-bond acceptors (Lipinski definition) is 3. The van der Waals surface area contributed by atoms with Crippen molar-refractivity contribution in [1.82, 2.24) is 15.4 Å². The Balaban J connectivity index is 0.00000529. The molecule has 0 atom stereocenters. The summed E-state index contributed by atoms with van der Waals surface area (Å²) in [5, 5.41) is 6.75. The highest BCUT2D eigenvalue weighted by Crippen LogP contribution is 2.26. The van der Waals surface area contributed by atoms with Crippen LogP contribution in [0.15, 0.2) is 4.99 Å². The molecule has 0 aromatic heterocycles. The quantitative estimate of drug-likeness (QED) is 0.301. The van der Waals surface area contributed by atoms with Crippen LogP contribution in [0.3, 0.4) is 0 Å². The van der Waals surface area contributed by atoms with Gasteiger partial charge in [0.15, 0.2) is 5.96 Å². The zero-order chi connectivity index (χ0) is 17.5. The molecular weight excluding hydrogens is 439 g/mol. The second kappa shape index (κ2) is 10.8. The normalized spacial score (nSPS) is 22.6. The first-order valence-electron chi connectivity index (χ1n) is 8.69. The Morgan fingerprint density at radius 2 is 1.75 bits per heavy atom. The summed E-state index contributed by atoms with van der Waals surface area (Å²) in [6.07, 6.45) is 7.34. The Bertz CT molecular complexity index is 486. The molecular formula is C16H35IN4O2S. The van der Waals surface area contributed by atoms with Gasteiger partial charge in [0, 0.05) is 18.1 Å².